The molecule has 1 saturated carbocycles. The van der Waals surface area contributed by atoms with Crippen molar-refractivity contribution < 1.29 is 13.9 Å². The van der Waals surface area contributed by atoms with Crippen LogP contribution in [-0.4, -0.2) is 5.11 Å². The van der Waals surface area contributed by atoms with Gasteiger partial charge in [0, 0.05) is 16.5 Å². The van der Waals surface area contributed by atoms with Crippen LogP contribution in [0.15, 0.2) is 28.9 Å². The summed E-state index contributed by atoms with van der Waals surface area (Å²) in [4.78, 5) is 0. The summed E-state index contributed by atoms with van der Waals surface area (Å²) in [7, 11) is 0. The quantitative estimate of drug-likeness (QED) is 0.840. The molecular formula is C13H13FO2. The van der Waals surface area contributed by atoms with E-state index in [1.807, 2.05) is 0 Å². The van der Waals surface area contributed by atoms with Crippen molar-refractivity contribution in [3.8, 4) is 0 Å². The van der Waals surface area contributed by atoms with E-state index in [-0.39, 0.29) is 5.41 Å². The number of hydrogen-bond acceptors (Lipinski definition) is 2. The fourth-order valence-electron chi connectivity index (χ4n) is 2.22. The zero-order chi connectivity index (χ0) is 11.3. The second kappa shape index (κ2) is 3.08. The van der Waals surface area contributed by atoms with Crippen molar-refractivity contribution in [2.45, 2.75) is 31.5 Å². The fourth-order valence-corrected chi connectivity index (χ4v) is 2.22. The molecule has 84 valence electrons. The minimum atomic E-state index is -1.94. The minimum absolute atomic E-state index is 0.107. The van der Waals surface area contributed by atoms with Crippen molar-refractivity contribution in [3.05, 3.63) is 35.6 Å². The van der Waals surface area contributed by atoms with Crippen LogP contribution in [0.25, 0.3) is 11.0 Å². The van der Waals surface area contributed by atoms with E-state index in [9.17, 15) is 4.39 Å². The Labute approximate surface area is 92.7 Å². The molecule has 1 aliphatic carbocycles. The van der Waals surface area contributed by atoms with E-state index in [0.29, 0.717) is 11.1 Å². The summed E-state index contributed by atoms with van der Waals surface area (Å²) in [6, 6.07) is 5.11. The Morgan fingerprint density at radius 1 is 1.44 bits per heavy atom. The number of aliphatic hydroxyl groups excluding tert-OH is 1. The lowest BCUT2D eigenvalue weighted by molar-refractivity contribution is 0.0424. The highest BCUT2D eigenvalue weighted by atomic mass is 19.1. The van der Waals surface area contributed by atoms with Crippen molar-refractivity contribution in [2.24, 2.45) is 0 Å². The smallest absolute Gasteiger partial charge is 0.223 e. The third-order valence-electron chi connectivity index (χ3n) is 3.54. The summed E-state index contributed by atoms with van der Waals surface area (Å²) in [6.45, 7) is 2.14. The number of aliphatic hydroxyl groups is 1. The highest BCUT2D eigenvalue weighted by molar-refractivity contribution is 5.86. The van der Waals surface area contributed by atoms with E-state index in [2.05, 4.69) is 6.92 Å². The first-order chi connectivity index (χ1) is 7.62. The Morgan fingerprint density at radius 2 is 2.19 bits per heavy atom. The van der Waals surface area contributed by atoms with Crippen molar-refractivity contribution in [3.63, 3.8) is 0 Å². The van der Waals surface area contributed by atoms with Gasteiger partial charge in [-0.3, -0.25) is 0 Å². The van der Waals surface area contributed by atoms with E-state index < -0.39 is 6.36 Å². The Bertz CT molecular complexity index is 538. The maximum absolute atomic E-state index is 13.1. The second-order valence-corrected chi connectivity index (χ2v) is 4.77. The number of furan rings is 1. The maximum atomic E-state index is 13.1. The van der Waals surface area contributed by atoms with Crippen LogP contribution < -0.4 is 0 Å². The predicted octanol–water partition coefficient (Wildman–Crippen LogP) is 3.44. The molecule has 1 heterocycles. The number of hydrogen-bond donors (Lipinski definition) is 1. The molecule has 1 aromatic heterocycles. The summed E-state index contributed by atoms with van der Waals surface area (Å²) in [5.74, 6) is 0. The highest BCUT2D eigenvalue weighted by Gasteiger charge is 2.42. The van der Waals surface area contributed by atoms with E-state index in [0.717, 1.165) is 23.8 Å². The highest BCUT2D eigenvalue weighted by Crippen LogP contribution is 2.51. The Balaban J connectivity index is 2.30. The minimum Gasteiger partial charge on any atom is -0.464 e. The standard InChI is InChI=1S/C13H13FO2/c1-13(5-6-13)9-7-16-10-4-2-3-8(11(9)10)12(14)15/h2-4,7,12,15H,5-6H2,1H3/t12-/m0/s1. The van der Waals surface area contributed by atoms with E-state index >= 15 is 0 Å². The van der Waals surface area contributed by atoms with Crippen LogP contribution in [0, 0.1) is 0 Å². The van der Waals surface area contributed by atoms with Gasteiger partial charge in [-0.25, -0.2) is 4.39 Å². The molecule has 16 heavy (non-hydrogen) atoms. The molecule has 0 unspecified atom stereocenters. The fraction of sp³-hybridized carbons (Fsp3) is 0.385. The average Bonchev–Trinajstić information content (AvgIpc) is 2.85. The van der Waals surface area contributed by atoms with Crippen LogP contribution in [0.3, 0.4) is 0 Å². The Morgan fingerprint density at radius 3 is 2.81 bits per heavy atom. The number of alkyl halides is 1. The van der Waals surface area contributed by atoms with Crippen LogP contribution in [-0.2, 0) is 5.41 Å². The number of halogens is 1. The Kier molecular flexibility index (Phi) is 1.89. The molecule has 3 heteroatoms. The SMILES string of the molecule is CC1(c2coc3cccc([C@H](O)F)c23)CC1. The van der Waals surface area contributed by atoms with E-state index in [1.54, 1.807) is 24.5 Å². The van der Waals surface area contributed by atoms with Gasteiger partial charge in [0.25, 0.3) is 0 Å². The van der Waals surface area contributed by atoms with Crippen LogP contribution in [0.1, 0.15) is 37.3 Å². The van der Waals surface area contributed by atoms with Gasteiger partial charge < -0.3 is 9.52 Å². The molecule has 3 rings (SSSR count). The van der Waals surface area contributed by atoms with Gasteiger partial charge in [0.2, 0.25) is 6.36 Å². The van der Waals surface area contributed by atoms with Gasteiger partial charge in [0.1, 0.15) is 5.58 Å². The normalized spacial score (nSPS) is 19.9. The van der Waals surface area contributed by atoms with Gasteiger partial charge in [-0.05, 0) is 24.3 Å². The first-order valence-corrected chi connectivity index (χ1v) is 5.44. The molecule has 1 aromatic carbocycles. The summed E-state index contributed by atoms with van der Waals surface area (Å²) >= 11 is 0. The molecule has 1 fully saturated rings. The largest absolute Gasteiger partial charge is 0.464 e. The topological polar surface area (TPSA) is 33.4 Å². The van der Waals surface area contributed by atoms with Crippen LogP contribution >= 0.6 is 0 Å². The van der Waals surface area contributed by atoms with Gasteiger partial charge in [-0.2, -0.15) is 0 Å². The van der Waals surface area contributed by atoms with Crippen LogP contribution in [0.5, 0.6) is 0 Å². The summed E-state index contributed by atoms with van der Waals surface area (Å²) in [5.41, 5.74) is 2.09. The third-order valence-corrected chi connectivity index (χ3v) is 3.54. The van der Waals surface area contributed by atoms with Gasteiger partial charge in [0.15, 0.2) is 0 Å². The molecule has 0 bridgehead atoms. The first kappa shape index (κ1) is 9.85. The molecule has 2 nitrogen and oxygen atoms in total. The first-order valence-electron chi connectivity index (χ1n) is 5.44. The van der Waals surface area contributed by atoms with Crippen molar-refractivity contribution >= 4 is 11.0 Å². The molecular weight excluding hydrogens is 207 g/mol. The molecule has 0 amide bonds. The van der Waals surface area contributed by atoms with Gasteiger partial charge in [-0.15, -0.1) is 0 Å². The number of fused-ring (bicyclic) bond motifs is 1. The zero-order valence-electron chi connectivity index (χ0n) is 9.03. The van der Waals surface area contributed by atoms with Crippen LogP contribution in [0.4, 0.5) is 4.39 Å². The summed E-state index contributed by atoms with van der Waals surface area (Å²) < 4.78 is 18.6. The van der Waals surface area contributed by atoms with Gasteiger partial charge >= 0.3 is 0 Å². The van der Waals surface area contributed by atoms with E-state index in [1.165, 1.54) is 0 Å². The van der Waals surface area contributed by atoms with Crippen molar-refractivity contribution in [2.75, 3.05) is 0 Å². The molecule has 2 aromatic rings. The monoisotopic (exact) mass is 220 g/mol. The predicted molar refractivity (Wildman–Crippen MR) is 58.9 cm³/mol. The maximum Gasteiger partial charge on any atom is 0.223 e. The average molecular weight is 220 g/mol. The Hall–Kier alpha value is -1.35. The third kappa shape index (κ3) is 1.28. The van der Waals surface area contributed by atoms with Crippen molar-refractivity contribution in [1.29, 1.82) is 0 Å². The summed E-state index contributed by atoms with van der Waals surface area (Å²) in [6.07, 6.45) is 1.95. The lowest BCUT2D eigenvalue weighted by Gasteiger charge is -2.09. The van der Waals surface area contributed by atoms with Gasteiger partial charge in [0.05, 0.1) is 6.26 Å². The van der Waals surface area contributed by atoms with Gasteiger partial charge in [-0.1, -0.05) is 19.1 Å². The molecule has 1 N–H and O–H groups in total. The lowest BCUT2D eigenvalue weighted by atomic mass is 9.95. The van der Waals surface area contributed by atoms with E-state index in [4.69, 9.17) is 9.52 Å². The number of benzene rings is 1. The zero-order valence-corrected chi connectivity index (χ0v) is 9.03. The second-order valence-electron chi connectivity index (χ2n) is 4.77. The molecule has 0 saturated heterocycles. The summed E-state index contributed by atoms with van der Waals surface area (Å²) in [5, 5.41) is 9.89. The molecule has 1 atom stereocenters. The number of rotatable bonds is 2. The molecule has 0 spiro atoms. The molecule has 0 radical (unpaired) electrons. The lowest BCUT2D eigenvalue weighted by Crippen LogP contribution is -2.00. The van der Waals surface area contributed by atoms with Crippen LogP contribution in [0.2, 0.25) is 0 Å². The molecule has 1 aliphatic rings. The van der Waals surface area contributed by atoms with Crippen molar-refractivity contribution in [1.82, 2.24) is 0 Å². The molecule has 0 aliphatic heterocycles.